The van der Waals surface area contributed by atoms with Gasteiger partial charge in [0, 0.05) is 5.56 Å². The van der Waals surface area contributed by atoms with Gasteiger partial charge in [-0.15, -0.1) is 0 Å². The third kappa shape index (κ3) is 6.60. The zero-order chi connectivity index (χ0) is 17.2. The van der Waals surface area contributed by atoms with Gasteiger partial charge in [0.2, 0.25) is 11.8 Å². The maximum atomic E-state index is 11.8. The van der Waals surface area contributed by atoms with E-state index >= 15 is 0 Å². The molecule has 0 aliphatic carbocycles. The summed E-state index contributed by atoms with van der Waals surface area (Å²) in [6, 6.07) is 7.15. The summed E-state index contributed by atoms with van der Waals surface area (Å²) in [5.41, 5.74) is 5.53. The molecule has 0 aliphatic rings. The highest BCUT2D eigenvalue weighted by atomic mass is 16.5. The first kappa shape index (κ1) is 18.1. The molecule has 3 amide bonds. The average Bonchev–Trinajstić information content (AvgIpc) is 2.53. The van der Waals surface area contributed by atoms with Gasteiger partial charge in [0.05, 0.1) is 19.6 Å². The molecular weight excluding hydrogens is 302 g/mol. The Kier molecular flexibility index (Phi) is 7.25. The number of esters is 1. The van der Waals surface area contributed by atoms with Crippen molar-refractivity contribution in [1.82, 2.24) is 10.6 Å². The lowest BCUT2D eigenvalue weighted by molar-refractivity contribution is -0.145. The van der Waals surface area contributed by atoms with Gasteiger partial charge in [-0.3, -0.25) is 19.2 Å². The Morgan fingerprint density at radius 1 is 1.17 bits per heavy atom. The van der Waals surface area contributed by atoms with E-state index in [-0.39, 0.29) is 19.6 Å². The van der Waals surface area contributed by atoms with E-state index < -0.39 is 29.7 Å². The van der Waals surface area contributed by atoms with Crippen molar-refractivity contribution in [3.05, 3.63) is 35.9 Å². The average molecular weight is 321 g/mol. The fourth-order valence-corrected chi connectivity index (χ4v) is 1.71. The normalized spacial score (nSPS) is 11.2. The van der Waals surface area contributed by atoms with Gasteiger partial charge >= 0.3 is 5.97 Å². The molecule has 0 unspecified atom stereocenters. The van der Waals surface area contributed by atoms with Crippen molar-refractivity contribution in [2.75, 3.05) is 13.2 Å². The molecule has 0 saturated carbocycles. The number of hydrogen-bond acceptors (Lipinski definition) is 5. The first-order valence-corrected chi connectivity index (χ1v) is 7.01. The van der Waals surface area contributed by atoms with Crippen LogP contribution < -0.4 is 16.4 Å². The van der Waals surface area contributed by atoms with Crippen LogP contribution in [0.25, 0.3) is 0 Å². The quantitative estimate of drug-likeness (QED) is 0.548. The van der Waals surface area contributed by atoms with Crippen molar-refractivity contribution in [2.24, 2.45) is 5.73 Å². The van der Waals surface area contributed by atoms with Crippen molar-refractivity contribution in [3.63, 3.8) is 0 Å². The molecule has 0 fully saturated rings. The maximum absolute atomic E-state index is 11.8. The second-order valence-electron chi connectivity index (χ2n) is 4.58. The number of nitrogens with two attached hydrogens (primary N) is 1. The summed E-state index contributed by atoms with van der Waals surface area (Å²) >= 11 is 0. The highest BCUT2D eigenvalue weighted by Gasteiger charge is 2.22. The van der Waals surface area contributed by atoms with Gasteiger partial charge < -0.3 is 21.1 Å². The van der Waals surface area contributed by atoms with E-state index in [2.05, 4.69) is 10.6 Å². The molecule has 4 N–H and O–H groups in total. The van der Waals surface area contributed by atoms with Crippen molar-refractivity contribution >= 4 is 23.7 Å². The van der Waals surface area contributed by atoms with E-state index in [0.29, 0.717) is 5.56 Å². The fourth-order valence-electron chi connectivity index (χ4n) is 1.71. The second kappa shape index (κ2) is 9.19. The predicted molar refractivity (Wildman–Crippen MR) is 81.2 cm³/mol. The van der Waals surface area contributed by atoms with Gasteiger partial charge in [0.1, 0.15) is 6.04 Å². The number of nitrogens with one attached hydrogen (secondary N) is 2. The van der Waals surface area contributed by atoms with Gasteiger partial charge in [-0.25, -0.2) is 0 Å². The van der Waals surface area contributed by atoms with Crippen molar-refractivity contribution < 1.29 is 23.9 Å². The maximum Gasteiger partial charge on any atom is 0.308 e. The molecule has 1 aromatic rings. The molecule has 1 atom stereocenters. The predicted octanol–water partition coefficient (Wildman–Crippen LogP) is -0.660. The molecule has 0 aromatic heterocycles. The van der Waals surface area contributed by atoms with E-state index in [1.807, 2.05) is 0 Å². The number of primary amides is 1. The molecule has 8 nitrogen and oxygen atoms in total. The lowest BCUT2D eigenvalue weighted by Crippen LogP contribution is -2.49. The Bertz CT molecular complexity index is 574. The smallest absolute Gasteiger partial charge is 0.308 e. The second-order valence-corrected chi connectivity index (χ2v) is 4.58. The Labute approximate surface area is 133 Å². The molecule has 1 aromatic carbocycles. The minimum Gasteiger partial charge on any atom is -0.466 e. The number of benzene rings is 1. The van der Waals surface area contributed by atoms with Crippen LogP contribution in [-0.4, -0.2) is 42.9 Å². The van der Waals surface area contributed by atoms with Crippen molar-refractivity contribution in [3.8, 4) is 0 Å². The first-order chi connectivity index (χ1) is 10.9. The van der Waals surface area contributed by atoms with Gasteiger partial charge in [-0.05, 0) is 19.1 Å². The molecule has 0 aliphatic heterocycles. The summed E-state index contributed by atoms with van der Waals surface area (Å²) in [5, 5.41) is 4.69. The lowest BCUT2D eigenvalue weighted by atomic mass is 10.2. The monoisotopic (exact) mass is 321 g/mol. The lowest BCUT2D eigenvalue weighted by Gasteiger charge is -2.15. The van der Waals surface area contributed by atoms with Crippen LogP contribution in [0.1, 0.15) is 23.7 Å². The molecule has 124 valence electrons. The molecule has 0 spiro atoms. The van der Waals surface area contributed by atoms with Gasteiger partial charge in [0.25, 0.3) is 5.91 Å². The minimum atomic E-state index is -1.19. The number of carbonyl (C=O) groups excluding carboxylic acids is 4. The summed E-state index contributed by atoms with van der Waals surface area (Å²) < 4.78 is 4.69. The molecule has 8 heteroatoms. The summed E-state index contributed by atoms with van der Waals surface area (Å²) in [7, 11) is 0. The Morgan fingerprint density at radius 3 is 2.39 bits per heavy atom. The summed E-state index contributed by atoms with van der Waals surface area (Å²) in [5.74, 6) is -2.57. The molecular formula is C15H19N3O5. The summed E-state index contributed by atoms with van der Waals surface area (Å²) in [4.78, 5) is 46.1. The van der Waals surface area contributed by atoms with E-state index in [1.165, 1.54) is 0 Å². The molecule has 0 heterocycles. The topological polar surface area (TPSA) is 128 Å². The minimum absolute atomic E-state index is 0.158. The molecule has 1 rings (SSSR count). The Balaban J connectivity index is 2.48. The van der Waals surface area contributed by atoms with Crippen molar-refractivity contribution in [1.29, 1.82) is 0 Å². The summed E-state index contributed by atoms with van der Waals surface area (Å²) in [6.45, 7) is 1.43. The van der Waals surface area contributed by atoms with Crippen LogP contribution in [0, 0.1) is 0 Å². The van der Waals surface area contributed by atoms with Crippen LogP contribution in [-0.2, 0) is 19.1 Å². The molecule has 0 saturated heterocycles. The fraction of sp³-hybridized carbons (Fsp3) is 0.333. The van der Waals surface area contributed by atoms with Crippen LogP contribution >= 0.6 is 0 Å². The van der Waals surface area contributed by atoms with Crippen LogP contribution in [0.5, 0.6) is 0 Å². The number of hydrogen-bond donors (Lipinski definition) is 3. The summed E-state index contributed by atoms with van der Waals surface area (Å²) in [6.07, 6.45) is -0.360. The van der Waals surface area contributed by atoms with Crippen molar-refractivity contribution in [2.45, 2.75) is 19.4 Å². The van der Waals surface area contributed by atoms with Crippen LogP contribution in [0.2, 0.25) is 0 Å². The van der Waals surface area contributed by atoms with Crippen LogP contribution in [0.3, 0.4) is 0 Å². The molecule has 0 radical (unpaired) electrons. The number of amides is 3. The van der Waals surface area contributed by atoms with Crippen LogP contribution in [0.4, 0.5) is 0 Å². The Morgan fingerprint density at radius 2 is 1.83 bits per heavy atom. The molecule has 0 bridgehead atoms. The van der Waals surface area contributed by atoms with E-state index in [4.69, 9.17) is 10.5 Å². The first-order valence-electron chi connectivity index (χ1n) is 7.01. The number of carbonyl (C=O) groups is 4. The third-order valence-corrected chi connectivity index (χ3v) is 2.80. The van der Waals surface area contributed by atoms with E-state index in [0.717, 1.165) is 0 Å². The highest BCUT2D eigenvalue weighted by molar-refractivity contribution is 5.97. The zero-order valence-corrected chi connectivity index (χ0v) is 12.7. The van der Waals surface area contributed by atoms with E-state index in [1.54, 1.807) is 37.3 Å². The van der Waals surface area contributed by atoms with Crippen LogP contribution in [0.15, 0.2) is 30.3 Å². The molecule has 23 heavy (non-hydrogen) atoms. The number of ether oxygens (including phenoxy) is 1. The Hall–Kier alpha value is -2.90. The standard InChI is InChI=1S/C15H19N3O5/c1-2-23-13(20)8-11(14(16)21)18-12(19)9-17-15(22)10-6-4-3-5-7-10/h3-7,11H,2,8-9H2,1H3,(H2,16,21)(H,17,22)(H,18,19)/t11-/m0/s1. The van der Waals surface area contributed by atoms with Gasteiger partial charge in [-0.1, -0.05) is 18.2 Å². The highest BCUT2D eigenvalue weighted by Crippen LogP contribution is 1.98. The van der Waals surface area contributed by atoms with E-state index in [9.17, 15) is 19.2 Å². The SMILES string of the molecule is CCOC(=O)C[C@H](NC(=O)CNC(=O)c1ccccc1)C(N)=O. The van der Waals surface area contributed by atoms with Gasteiger partial charge in [0.15, 0.2) is 0 Å². The third-order valence-electron chi connectivity index (χ3n) is 2.80. The van der Waals surface area contributed by atoms with Gasteiger partial charge in [-0.2, -0.15) is 0 Å². The largest absolute Gasteiger partial charge is 0.466 e. The number of rotatable bonds is 8. The zero-order valence-electron chi connectivity index (χ0n) is 12.7.